The molecule has 0 saturated carbocycles. The second kappa shape index (κ2) is 6.45. The topological polar surface area (TPSA) is 59.8 Å². The zero-order chi connectivity index (χ0) is 17.3. The highest BCUT2D eigenvalue weighted by molar-refractivity contribution is 6.34. The summed E-state index contributed by atoms with van der Waals surface area (Å²) >= 11 is 6.16. The summed E-state index contributed by atoms with van der Waals surface area (Å²) in [6, 6.07) is 13.3. The molecule has 0 unspecified atom stereocenters. The summed E-state index contributed by atoms with van der Waals surface area (Å²) in [4.78, 5) is 12.5. The number of aromatic nitrogens is 3. The van der Waals surface area contributed by atoms with E-state index in [2.05, 4.69) is 15.6 Å². The maximum atomic E-state index is 12.5. The Labute approximate surface area is 145 Å². The van der Waals surface area contributed by atoms with Crippen molar-refractivity contribution in [2.45, 2.75) is 20.8 Å². The van der Waals surface area contributed by atoms with Crippen LogP contribution in [0.4, 0.5) is 5.69 Å². The highest BCUT2D eigenvalue weighted by Gasteiger charge is 2.18. The summed E-state index contributed by atoms with van der Waals surface area (Å²) in [6.45, 7) is 5.77. The van der Waals surface area contributed by atoms with Crippen LogP contribution in [0.2, 0.25) is 5.02 Å². The molecule has 122 valence electrons. The van der Waals surface area contributed by atoms with E-state index in [-0.39, 0.29) is 11.6 Å². The van der Waals surface area contributed by atoms with Gasteiger partial charge >= 0.3 is 0 Å². The standard InChI is InChI=1S/C18H17ClN4O/c1-11-4-7-14(8-5-11)23-13(3)17(21-22-23)18(24)20-16-9-6-12(2)10-15(16)19/h4-10H,1-3H3,(H,20,24). The summed E-state index contributed by atoms with van der Waals surface area (Å²) in [5.41, 5.74) is 4.53. The second-order valence-corrected chi connectivity index (χ2v) is 6.12. The lowest BCUT2D eigenvalue weighted by atomic mass is 10.2. The van der Waals surface area contributed by atoms with Crippen LogP contribution in [0.25, 0.3) is 5.69 Å². The summed E-state index contributed by atoms with van der Waals surface area (Å²) < 4.78 is 1.64. The van der Waals surface area contributed by atoms with Crippen molar-refractivity contribution in [1.29, 1.82) is 0 Å². The van der Waals surface area contributed by atoms with Gasteiger partial charge in [0.1, 0.15) is 0 Å². The van der Waals surface area contributed by atoms with Crippen molar-refractivity contribution < 1.29 is 4.79 Å². The molecule has 0 aliphatic carbocycles. The van der Waals surface area contributed by atoms with E-state index >= 15 is 0 Å². The number of amides is 1. The molecular formula is C18H17ClN4O. The minimum atomic E-state index is -0.336. The normalized spacial score (nSPS) is 10.7. The zero-order valence-corrected chi connectivity index (χ0v) is 14.4. The van der Waals surface area contributed by atoms with Crippen LogP contribution in [0, 0.1) is 20.8 Å². The van der Waals surface area contributed by atoms with E-state index in [0.717, 1.165) is 16.8 Å². The van der Waals surface area contributed by atoms with Gasteiger partial charge in [0.05, 0.1) is 22.1 Å². The Morgan fingerprint density at radius 3 is 2.38 bits per heavy atom. The molecular weight excluding hydrogens is 324 g/mol. The van der Waals surface area contributed by atoms with Crippen molar-refractivity contribution >= 4 is 23.2 Å². The monoisotopic (exact) mass is 340 g/mol. The Kier molecular flexibility index (Phi) is 4.36. The molecule has 0 fully saturated rings. The summed E-state index contributed by atoms with van der Waals surface area (Å²) in [5.74, 6) is -0.336. The van der Waals surface area contributed by atoms with Crippen molar-refractivity contribution in [2.75, 3.05) is 5.32 Å². The lowest BCUT2D eigenvalue weighted by Gasteiger charge is -2.07. The molecule has 3 rings (SSSR count). The van der Waals surface area contributed by atoms with Crippen molar-refractivity contribution in [3.8, 4) is 5.69 Å². The first-order chi connectivity index (χ1) is 11.5. The molecule has 0 aliphatic heterocycles. The Morgan fingerprint density at radius 1 is 1.04 bits per heavy atom. The summed E-state index contributed by atoms with van der Waals surface area (Å²) in [7, 11) is 0. The van der Waals surface area contributed by atoms with E-state index in [1.807, 2.05) is 51.1 Å². The van der Waals surface area contributed by atoms with Gasteiger partial charge in [0, 0.05) is 0 Å². The molecule has 1 heterocycles. The van der Waals surface area contributed by atoms with E-state index in [1.54, 1.807) is 16.8 Å². The van der Waals surface area contributed by atoms with E-state index in [4.69, 9.17) is 11.6 Å². The van der Waals surface area contributed by atoms with Gasteiger partial charge in [-0.15, -0.1) is 5.10 Å². The van der Waals surface area contributed by atoms with Crippen molar-refractivity contribution in [3.63, 3.8) is 0 Å². The molecule has 0 aliphatic rings. The van der Waals surface area contributed by atoms with Crippen LogP contribution < -0.4 is 5.32 Å². The van der Waals surface area contributed by atoms with E-state index in [1.165, 1.54) is 0 Å². The highest BCUT2D eigenvalue weighted by Crippen LogP contribution is 2.23. The second-order valence-electron chi connectivity index (χ2n) is 5.71. The molecule has 0 spiro atoms. The number of rotatable bonds is 3. The lowest BCUT2D eigenvalue weighted by Crippen LogP contribution is -2.14. The fraction of sp³-hybridized carbons (Fsp3) is 0.167. The molecule has 0 bridgehead atoms. The molecule has 6 heteroatoms. The third-order valence-corrected chi connectivity index (χ3v) is 4.07. The van der Waals surface area contributed by atoms with Crippen molar-refractivity contribution in [1.82, 2.24) is 15.0 Å². The number of benzene rings is 2. The Balaban J connectivity index is 1.87. The molecule has 0 saturated heterocycles. The Bertz CT molecular complexity index is 900. The maximum absolute atomic E-state index is 12.5. The van der Waals surface area contributed by atoms with E-state index in [9.17, 15) is 4.79 Å². The quantitative estimate of drug-likeness (QED) is 0.781. The van der Waals surface area contributed by atoms with Gasteiger partial charge in [-0.3, -0.25) is 4.79 Å². The number of hydrogen-bond acceptors (Lipinski definition) is 3. The van der Waals surface area contributed by atoms with Crippen LogP contribution in [-0.2, 0) is 0 Å². The van der Waals surface area contributed by atoms with Crippen LogP contribution in [-0.4, -0.2) is 20.9 Å². The van der Waals surface area contributed by atoms with Crippen LogP contribution in [0.15, 0.2) is 42.5 Å². The first-order valence-electron chi connectivity index (χ1n) is 7.52. The maximum Gasteiger partial charge on any atom is 0.278 e. The third-order valence-electron chi connectivity index (χ3n) is 3.76. The Morgan fingerprint density at radius 2 is 1.71 bits per heavy atom. The Hall–Kier alpha value is -2.66. The minimum Gasteiger partial charge on any atom is -0.319 e. The van der Waals surface area contributed by atoms with Gasteiger partial charge in [0.25, 0.3) is 5.91 Å². The molecule has 1 N–H and O–H groups in total. The van der Waals surface area contributed by atoms with Crippen LogP contribution in [0.5, 0.6) is 0 Å². The molecule has 0 atom stereocenters. The molecule has 3 aromatic rings. The minimum absolute atomic E-state index is 0.271. The average Bonchev–Trinajstić information content (AvgIpc) is 2.92. The van der Waals surface area contributed by atoms with Crippen molar-refractivity contribution in [3.05, 3.63) is 70.0 Å². The van der Waals surface area contributed by atoms with Gasteiger partial charge in [-0.25, -0.2) is 4.68 Å². The number of aryl methyl sites for hydroxylation is 2. The fourth-order valence-electron chi connectivity index (χ4n) is 2.37. The van der Waals surface area contributed by atoms with Gasteiger partial charge in [-0.2, -0.15) is 0 Å². The molecule has 0 radical (unpaired) electrons. The van der Waals surface area contributed by atoms with E-state index in [0.29, 0.717) is 16.4 Å². The van der Waals surface area contributed by atoms with Crippen LogP contribution in [0.1, 0.15) is 27.3 Å². The summed E-state index contributed by atoms with van der Waals surface area (Å²) in [6.07, 6.45) is 0. The number of nitrogens with one attached hydrogen (secondary N) is 1. The molecule has 1 amide bonds. The number of anilines is 1. The third kappa shape index (κ3) is 3.16. The smallest absolute Gasteiger partial charge is 0.278 e. The van der Waals surface area contributed by atoms with Crippen molar-refractivity contribution in [2.24, 2.45) is 0 Å². The fourth-order valence-corrected chi connectivity index (χ4v) is 2.66. The highest BCUT2D eigenvalue weighted by atomic mass is 35.5. The first kappa shape index (κ1) is 16.2. The largest absolute Gasteiger partial charge is 0.319 e. The zero-order valence-electron chi connectivity index (χ0n) is 13.7. The van der Waals surface area contributed by atoms with Crippen LogP contribution >= 0.6 is 11.6 Å². The molecule has 1 aromatic heterocycles. The predicted molar refractivity (Wildman–Crippen MR) is 95.0 cm³/mol. The molecule has 5 nitrogen and oxygen atoms in total. The number of hydrogen-bond donors (Lipinski definition) is 1. The predicted octanol–water partition coefficient (Wildman–Crippen LogP) is 4.10. The number of halogens is 1. The number of nitrogens with zero attached hydrogens (tertiary/aromatic N) is 3. The van der Waals surface area contributed by atoms with Gasteiger partial charge in [0.2, 0.25) is 0 Å². The van der Waals surface area contributed by atoms with E-state index < -0.39 is 0 Å². The lowest BCUT2D eigenvalue weighted by molar-refractivity contribution is 0.102. The number of carbonyl (C=O) groups excluding carboxylic acids is 1. The van der Waals surface area contributed by atoms with Crippen LogP contribution in [0.3, 0.4) is 0 Å². The summed E-state index contributed by atoms with van der Waals surface area (Å²) in [5, 5.41) is 11.4. The van der Waals surface area contributed by atoms with Gasteiger partial charge in [0.15, 0.2) is 5.69 Å². The SMILES string of the molecule is Cc1ccc(-n2nnc(C(=O)Nc3ccc(C)cc3Cl)c2C)cc1. The molecule has 2 aromatic carbocycles. The van der Waals surface area contributed by atoms with Gasteiger partial charge in [-0.1, -0.05) is 40.6 Å². The van der Waals surface area contributed by atoms with Gasteiger partial charge in [-0.05, 0) is 50.6 Å². The molecule has 24 heavy (non-hydrogen) atoms. The average molecular weight is 341 g/mol. The first-order valence-corrected chi connectivity index (χ1v) is 7.90. The number of carbonyl (C=O) groups is 1. The van der Waals surface area contributed by atoms with Gasteiger partial charge < -0.3 is 5.32 Å².